The quantitative estimate of drug-likeness (QED) is 0.736. The fourth-order valence-corrected chi connectivity index (χ4v) is 5.38. The summed E-state index contributed by atoms with van der Waals surface area (Å²) >= 11 is 1.65. The number of carbonyl (C=O) groups is 1. The number of thiophene rings is 1. The third-order valence-electron chi connectivity index (χ3n) is 5.53. The van der Waals surface area contributed by atoms with Gasteiger partial charge in [0, 0.05) is 39.8 Å². The fraction of sp³-hybridized carbons (Fsp3) is 0.762. The standard InChI is InChI=1S/C21H35N3O2S/c1-16(2)14-23-9-7-17(15-23)13-22-20(25)19-12-18-6-4-5-8-24(10-11-26-3)21(18)27-19/h12,16-17H,4-11,13-15H2,1-3H3,(H,22,25). The van der Waals surface area contributed by atoms with E-state index in [0.717, 1.165) is 44.1 Å². The Morgan fingerprint density at radius 1 is 1.37 bits per heavy atom. The number of aryl methyl sites for hydroxylation is 1. The molecule has 0 saturated carbocycles. The molecular weight excluding hydrogens is 358 g/mol. The molecule has 1 atom stereocenters. The van der Waals surface area contributed by atoms with Crippen LogP contribution in [0.3, 0.4) is 0 Å². The molecule has 6 heteroatoms. The molecule has 1 fully saturated rings. The lowest BCUT2D eigenvalue weighted by Crippen LogP contribution is -2.31. The molecule has 1 aromatic heterocycles. The average Bonchev–Trinajstić information content (AvgIpc) is 3.21. The zero-order valence-electron chi connectivity index (χ0n) is 17.1. The number of rotatable bonds is 8. The van der Waals surface area contributed by atoms with Crippen LogP contribution in [0, 0.1) is 11.8 Å². The molecule has 3 rings (SSSR count). The number of amides is 1. The minimum absolute atomic E-state index is 0.0991. The van der Waals surface area contributed by atoms with Gasteiger partial charge in [-0.25, -0.2) is 0 Å². The van der Waals surface area contributed by atoms with Crippen molar-refractivity contribution in [1.29, 1.82) is 0 Å². The van der Waals surface area contributed by atoms with Crippen molar-refractivity contribution in [3.05, 3.63) is 16.5 Å². The first-order valence-corrected chi connectivity index (χ1v) is 11.3. The van der Waals surface area contributed by atoms with Gasteiger partial charge < -0.3 is 19.9 Å². The van der Waals surface area contributed by atoms with Crippen molar-refractivity contribution < 1.29 is 9.53 Å². The van der Waals surface area contributed by atoms with Gasteiger partial charge in [-0.05, 0) is 55.7 Å². The van der Waals surface area contributed by atoms with Crippen LogP contribution in [0.25, 0.3) is 0 Å². The largest absolute Gasteiger partial charge is 0.383 e. The molecule has 3 heterocycles. The van der Waals surface area contributed by atoms with Crippen LogP contribution >= 0.6 is 11.3 Å². The first-order chi connectivity index (χ1) is 13.1. The summed E-state index contributed by atoms with van der Waals surface area (Å²) in [4.78, 5) is 18.5. The molecule has 1 N–H and O–H groups in total. The van der Waals surface area contributed by atoms with E-state index in [4.69, 9.17) is 4.74 Å². The molecule has 1 aromatic rings. The summed E-state index contributed by atoms with van der Waals surface area (Å²) in [6, 6.07) is 2.13. The molecule has 5 nitrogen and oxygen atoms in total. The number of hydrogen-bond donors (Lipinski definition) is 1. The number of nitrogens with one attached hydrogen (secondary N) is 1. The molecule has 1 unspecified atom stereocenters. The Bertz CT molecular complexity index is 617. The smallest absolute Gasteiger partial charge is 0.261 e. The molecule has 27 heavy (non-hydrogen) atoms. The fourth-order valence-electron chi connectivity index (χ4n) is 4.20. The van der Waals surface area contributed by atoms with E-state index in [2.05, 4.69) is 35.0 Å². The summed E-state index contributed by atoms with van der Waals surface area (Å²) in [7, 11) is 1.75. The van der Waals surface area contributed by atoms with Crippen molar-refractivity contribution in [3.8, 4) is 0 Å². The second-order valence-corrected chi connectivity index (χ2v) is 9.43. The molecular formula is C21H35N3O2S. The molecule has 0 aromatic carbocycles. The summed E-state index contributed by atoms with van der Waals surface area (Å²) in [5, 5.41) is 4.48. The average molecular weight is 394 g/mol. The topological polar surface area (TPSA) is 44.8 Å². The number of nitrogens with zero attached hydrogens (tertiary/aromatic N) is 2. The third-order valence-corrected chi connectivity index (χ3v) is 6.77. The maximum absolute atomic E-state index is 12.7. The first kappa shape index (κ1) is 20.6. The zero-order valence-corrected chi connectivity index (χ0v) is 17.9. The Morgan fingerprint density at radius 3 is 3.00 bits per heavy atom. The van der Waals surface area contributed by atoms with E-state index in [1.54, 1.807) is 18.4 Å². The highest BCUT2D eigenvalue weighted by atomic mass is 32.1. The van der Waals surface area contributed by atoms with Crippen molar-refractivity contribution in [3.63, 3.8) is 0 Å². The van der Waals surface area contributed by atoms with E-state index in [-0.39, 0.29) is 5.91 Å². The molecule has 0 spiro atoms. The van der Waals surface area contributed by atoms with E-state index in [9.17, 15) is 4.79 Å². The normalized spacial score (nSPS) is 20.7. The first-order valence-electron chi connectivity index (χ1n) is 10.4. The second-order valence-electron chi connectivity index (χ2n) is 8.40. The van der Waals surface area contributed by atoms with Gasteiger partial charge in [0.05, 0.1) is 16.5 Å². The summed E-state index contributed by atoms with van der Waals surface area (Å²) in [6.45, 7) is 11.5. The Morgan fingerprint density at radius 2 is 2.22 bits per heavy atom. The van der Waals surface area contributed by atoms with Gasteiger partial charge in [-0.1, -0.05) is 13.8 Å². The van der Waals surface area contributed by atoms with Crippen molar-refractivity contribution in [2.24, 2.45) is 11.8 Å². The maximum Gasteiger partial charge on any atom is 0.261 e. The third kappa shape index (κ3) is 5.69. The van der Waals surface area contributed by atoms with Gasteiger partial charge >= 0.3 is 0 Å². The van der Waals surface area contributed by atoms with E-state index in [1.807, 2.05) is 0 Å². The van der Waals surface area contributed by atoms with Gasteiger partial charge in [0.15, 0.2) is 0 Å². The molecule has 2 aliphatic rings. The predicted molar refractivity (Wildman–Crippen MR) is 113 cm³/mol. The number of carbonyl (C=O) groups excluding carboxylic acids is 1. The van der Waals surface area contributed by atoms with Crippen LogP contribution in [0.2, 0.25) is 0 Å². The van der Waals surface area contributed by atoms with Gasteiger partial charge in [-0.3, -0.25) is 4.79 Å². The minimum atomic E-state index is 0.0991. The number of hydrogen-bond acceptors (Lipinski definition) is 5. The summed E-state index contributed by atoms with van der Waals surface area (Å²) in [5.74, 6) is 1.40. The van der Waals surface area contributed by atoms with Gasteiger partial charge in [-0.2, -0.15) is 0 Å². The predicted octanol–water partition coefficient (Wildman–Crippen LogP) is 3.24. The highest BCUT2D eigenvalue weighted by molar-refractivity contribution is 7.18. The van der Waals surface area contributed by atoms with Gasteiger partial charge in [-0.15, -0.1) is 11.3 Å². The van der Waals surface area contributed by atoms with Crippen LogP contribution in [0.5, 0.6) is 0 Å². The lowest BCUT2D eigenvalue weighted by atomic mass is 10.1. The van der Waals surface area contributed by atoms with Crippen molar-refractivity contribution in [2.75, 3.05) is 57.9 Å². The van der Waals surface area contributed by atoms with Gasteiger partial charge in [0.2, 0.25) is 0 Å². The maximum atomic E-state index is 12.7. The Hall–Kier alpha value is -1.11. The summed E-state index contributed by atoms with van der Waals surface area (Å²) < 4.78 is 5.26. The molecule has 0 radical (unpaired) electrons. The highest BCUT2D eigenvalue weighted by Crippen LogP contribution is 2.35. The van der Waals surface area contributed by atoms with Crippen molar-refractivity contribution in [1.82, 2.24) is 10.2 Å². The molecule has 1 saturated heterocycles. The number of anilines is 1. The van der Waals surface area contributed by atoms with E-state index < -0.39 is 0 Å². The summed E-state index contributed by atoms with van der Waals surface area (Å²) in [5.41, 5.74) is 1.34. The lowest BCUT2D eigenvalue weighted by molar-refractivity contribution is 0.0951. The van der Waals surface area contributed by atoms with Crippen LogP contribution in [0.1, 0.15) is 48.3 Å². The summed E-state index contributed by atoms with van der Waals surface area (Å²) in [6.07, 6.45) is 4.68. The SMILES string of the molecule is COCCN1CCCCc2cc(C(=O)NCC3CCN(CC(C)C)C3)sc21. The van der Waals surface area contributed by atoms with Crippen LogP contribution in [-0.2, 0) is 11.2 Å². The van der Waals surface area contributed by atoms with Crippen LogP contribution in [0.4, 0.5) is 5.00 Å². The van der Waals surface area contributed by atoms with E-state index >= 15 is 0 Å². The number of methoxy groups -OCH3 is 1. The van der Waals surface area contributed by atoms with E-state index in [1.165, 1.54) is 42.9 Å². The highest BCUT2D eigenvalue weighted by Gasteiger charge is 2.25. The molecule has 0 bridgehead atoms. The Labute approximate surface area is 168 Å². The van der Waals surface area contributed by atoms with Crippen LogP contribution < -0.4 is 10.2 Å². The molecule has 0 aliphatic carbocycles. The van der Waals surface area contributed by atoms with E-state index in [0.29, 0.717) is 11.8 Å². The number of fused-ring (bicyclic) bond motifs is 1. The zero-order chi connectivity index (χ0) is 19.2. The molecule has 2 aliphatic heterocycles. The molecule has 1 amide bonds. The number of likely N-dealkylation sites (tertiary alicyclic amines) is 1. The van der Waals surface area contributed by atoms with Gasteiger partial charge in [0.25, 0.3) is 5.91 Å². The van der Waals surface area contributed by atoms with Crippen LogP contribution in [0.15, 0.2) is 6.07 Å². The Balaban J connectivity index is 1.55. The molecule has 152 valence electrons. The van der Waals surface area contributed by atoms with Gasteiger partial charge in [0.1, 0.15) is 0 Å². The second kappa shape index (κ2) is 9.89. The lowest BCUT2D eigenvalue weighted by Gasteiger charge is -2.21. The van der Waals surface area contributed by atoms with Crippen LogP contribution in [-0.4, -0.2) is 63.8 Å². The monoisotopic (exact) mass is 393 g/mol. The van der Waals surface area contributed by atoms with Crippen molar-refractivity contribution >= 4 is 22.2 Å². The minimum Gasteiger partial charge on any atom is -0.383 e. The number of ether oxygens (including phenoxy) is 1. The Kier molecular flexibility index (Phi) is 7.56. The van der Waals surface area contributed by atoms with Crippen molar-refractivity contribution in [2.45, 2.75) is 39.5 Å².